The number of anilines is 2. The second kappa shape index (κ2) is 14.0. The van der Waals surface area contributed by atoms with Crippen molar-refractivity contribution in [1.29, 1.82) is 0 Å². The maximum atomic E-state index is 14.2. The van der Waals surface area contributed by atoms with Gasteiger partial charge >= 0.3 is 5.97 Å². The number of benzene rings is 2. The number of likely N-dealkylation sites (N-methyl/N-ethyl adjacent to an activating group) is 2. The van der Waals surface area contributed by atoms with E-state index in [4.69, 9.17) is 10.5 Å². The van der Waals surface area contributed by atoms with E-state index in [1.807, 2.05) is 0 Å². The van der Waals surface area contributed by atoms with Gasteiger partial charge in [0.25, 0.3) is 0 Å². The van der Waals surface area contributed by atoms with Gasteiger partial charge in [0.05, 0.1) is 53.1 Å². The van der Waals surface area contributed by atoms with Crippen molar-refractivity contribution in [2.45, 2.75) is 12.8 Å². The number of ether oxygens (including phenoxy) is 1. The lowest BCUT2D eigenvalue weighted by Gasteiger charge is -2.32. The summed E-state index contributed by atoms with van der Waals surface area (Å²) in [7, 11) is 5.44. The second-order valence-corrected chi connectivity index (χ2v) is 11.2. The normalized spacial score (nSPS) is 16.0. The van der Waals surface area contributed by atoms with Gasteiger partial charge in [-0.25, -0.2) is 28.7 Å². The molecule has 45 heavy (non-hydrogen) atoms. The van der Waals surface area contributed by atoms with Crippen molar-refractivity contribution in [3.05, 3.63) is 59.4 Å². The third-order valence-electron chi connectivity index (χ3n) is 7.92. The van der Waals surface area contributed by atoms with Gasteiger partial charge in [0.2, 0.25) is 17.8 Å². The molecule has 0 saturated carbocycles. The third kappa shape index (κ3) is 7.57. The summed E-state index contributed by atoms with van der Waals surface area (Å²) in [5.74, 6) is -0.771. The first-order valence-corrected chi connectivity index (χ1v) is 14.7. The van der Waals surface area contributed by atoms with Gasteiger partial charge in [0, 0.05) is 52.4 Å². The van der Waals surface area contributed by atoms with Crippen LogP contribution in [0.3, 0.4) is 0 Å². The number of primary amides is 1. The smallest absolute Gasteiger partial charge is 0.311 e. The minimum atomic E-state index is -0.535. The van der Waals surface area contributed by atoms with Gasteiger partial charge in [-0.15, -0.1) is 0 Å². The van der Waals surface area contributed by atoms with Crippen LogP contribution in [0.25, 0.3) is 21.8 Å². The first-order valence-electron chi connectivity index (χ1n) is 14.7. The molecule has 12 nitrogen and oxygen atoms in total. The van der Waals surface area contributed by atoms with Crippen LogP contribution in [0, 0.1) is 11.6 Å². The van der Waals surface area contributed by atoms with Gasteiger partial charge in [-0.3, -0.25) is 9.59 Å². The number of carbonyl (C=O) groups is 2. The predicted octanol–water partition coefficient (Wildman–Crippen LogP) is 1.78. The molecular formula is C31H37F2N9O3. The molecule has 0 aliphatic carbocycles. The molecule has 4 heterocycles. The van der Waals surface area contributed by atoms with E-state index in [9.17, 15) is 18.4 Å². The molecule has 238 valence electrons. The molecule has 2 saturated heterocycles. The zero-order valence-electron chi connectivity index (χ0n) is 25.7. The molecule has 2 aromatic heterocycles. The Kier molecular flexibility index (Phi) is 9.93. The number of amides is 1. The highest BCUT2D eigenvalue weighted by Crippen LogP contribution is 2.25. The summed E-state index contributed by atoms with van der Waals surface area (Å²) in [6.07, 6.45) is -0.169. The standard InChI is InChI=1S/C16H19FN4O2.C15H18FN5O/c1-20-6-8-21(9-7-20)16-18-12-5-3-4-11(17)15(12)13(19-16)10-14(22)23-2;1-20-5-7-21(8-6-20)15-18-11-4-2-3-10(16)14(11)12(19-15)9-13(17)22/h3-5H,6-10H2,1-2H3;2-4H,5-9H2,1H3,(H2,17,22). The molecule has 0 atom stereocenters. The van der Waals surface area contributed by atoms with Crippen molar-refractivity contribution in [3.63, 3.8) is 0 Å². The van der Waals surface area contributed by atoms with Crippen LogP contribution in [0.2, 0.25) is 0 Å². The number of halogens is 2. The van der Waals surface area contributed by atoms with Crippen molar-refractivity contribution in [2.75, 3.05) is 83.4 Å². The Hall–Kier alpha value is -4.56. The second-order valence-electron chi connectivity index (χ2n) is 11.2. The van der Waals surface area contributed by atoms with E-state index < -0.39 is 23.5 Å². The Bertz CT molecular complexity index is 1690. The average molecular weight is 622 g/mol. The summed E-state index contributed by atoms with van der Waals surface area (Å²) in [5, 5.41) is 0.565. The lowest BCUT2D eigenvalue weighted by molar-refractivity contribution is -0.139. The fraction of sp³-hybridized carbons (Fsp3) is 0.419. The molecular weight excluding hydrogens is 584 g/mol. The lowest BCUT2D eigenvalue weighted by atomic mass is 10.1. The molecule has 0 spiro atoms. The van der Waals surface area contributed by atoms with Crippen LogP contribution < -0.4 is 15.5 Å². The van der Waals surface area contributed by atoms with E-state index in [2.05, 4.69) is 53.6 Å². The van der Waals surface area contributed by atoms with Crippen molar-refractivity contribution in [2.24, 2.45) is 5.73 Å². The molecule has 0 unspecified atom stereocenters. The number of carbonyl (C=O) groups excluding carboxylic acids is 2. The minimum Gasteiger partial charge on any atom is -0.469 e. The monoisotopic (exact) mass is 621 g/mol. The van der Waals surface area contributed by atoms with E-state index in [1.165, 1.54) is 19.2 Å². The van der Waals surface area contributed by atoms with Crippen molar-refractivity contribution < 1.29 is 23.1 Å². The van der Waals surface area contributed by atoms with Crippen LogP contribution in [0.4, 0.5) is 20.7 Å². The Morgan fingerprint density at radius 2 is 1.13 bits per heavy atom. The van der Waals surface area contributed by atoms with Crippen LogP contribution in [-0.4, -0.2) is 115 Å². The van der Waals surface area contributed by atoms with E-state index >= 15 is 0 Å². The quantitative estimate of drug-likeness (QED) is 0.316. The highest BCUT2D eigenvalue weighted by Gasteiger charge is 2.22. The summed E-state index contributed by atoms with van der Waals surface area (Å²) in [6, 6.07) is 9.37. The maximum absolute atomic E-state index is 14.2. The van der Waals surface area contributed by atoms with Crippen molar-refractivity contribution in [3.8, 4) is 0 Å². The first kappa shape index (κ1) is 31.9. The fourth-order valence-electron chi connectivity index (χ4n) is 5.33. The number of nitrogens with zero attached hydrogens (tertiary/aromatic N) is 8. The number of fused-ring (bicyclic) bond motifs is 2. The average Bonchev–Trinajstić information content (AvgIpc) is 3.01. The highest BCUT2D eigenvalue weighted by atomic mass is 19.1. The molecule has 4 aromatic rings. The molecule has 14 heteroatoms. The van der Waals surface area contributed by atoms with Crippen LogP contribution in [0.1, 0.15) is 11.4 Å². The van der Waals surface area contributed by atoms with Crippen LogP contribution >= 0.6 is 0 Å². The summed E-state index contributed by atoms with van der Waals surface area (Å²) < 4.78 is 32.9. The third-order valence-corrected chi connectivity index (χ3v) is 7.92. The lowest BCUT2D eigenvalue weighted by Crippen LogP contribution is -2.45. The Morgan fingerprint density at radius 1 is 0.711 bits per heavy atom. The Morgan fingerprint density at radius 3 is 1.53 bits per heavy atom. The van der Waals surface area contributed by atoms with Crippen LogP contribution in [0.5, 0.6) is 0 Å². The number of piperazine rings is 2. The molecule has 2 N–H and O–H groups in total. The Balaban J connectivity index is 0.000000178. The molecule has 0 radical (unpaired) electrons. The summed E-state index contributed by atoms with van der Waals surface area (Å²) in [5.41, 5.74) is 7.00. The summed E-state index contributed by atoms with van der Waals surface area (Å²) >= 11 is 0. The maximum Gasteiger partial charge on any atom is 0.311 e. The van der Waals surface area contributed by atoms with E-state index in [-0.39, 0.29) is 23.6 Å². The molecule has 2 aliphatic rings. The molecule has 6 rings (SSSR count). The zero-order valence-corrected chi connectivity index (χ0v) is 25.7. The fourth-order valence-corrected chi connectivity index (χ4v) is 5.33. The molecule has 1 amide bonds. The SMILES string of the molecule is CN1CCN(c2nc(CC(N)=O)c3c(F)cccc3n2)CC1.COC(=O)Cc1nc(N2CCN(C)CC2)nc2cccc(F)c12. The van der Waals surface area contributed by atoms with Crippen LogP contribution in [0.15, 0.2) is 36.4 Å². The molecule has 2 fully saturated rings. The van der Waals surface area contributed by atoms with Gasteiger partial charge in [-0.2, -0.15) is 0 Å². The number of hydrogen-bond acceptors (Lipinski definition) is 11. The summed E-state index contributed by atoms with van der Waals surface area (Å²) in [4.78, 5) is 49.3. The number of nitrogens with two attached hydrogens (primary N) is 1. The zero-order chi connectivity index (χ0) is 32.1. The van der Waals surface area contributed by atoms with Crippen molar-refractivity contribution in [1.82, 2.24) is 29.7 Å². The highest BCUT2D eigenvalue weighted by molar-refractivity contribution is 5.88. The predicted molar refractivity (Wildman–Crippen MR) is 167 cm³/mol. The molecule has 2 aromatic carbocycles. The van der Waals surface area contributed by atoms with E-state index in [0.717, 1.165) is 52.4 Å². The molecule has 2 aliphatic heterocycles. The van der Waals surface area contributed by atoms with E-state index in [1.54, 1.807) is 24.3 Å². The number of hydrogen-bond donors (Lipinski definition) is 1. The topological polar surface area (TPSA) is 134 Å². The van der Waals surface area contributed by atoms with Crippen molar-refractivity contribution >= 4 is 45.6 Å². The number of methoxy groups -OCH3 is 1. The number of esters is 1. The largest absolute Gasteiger partial charge is 0.469 e. The number of aromatic nitrogens is 4. The summed E-state index contributed by atoms with van der Waals surface area (Å²) in [6.45, 7) is 6.85. The van der Waals surface area contributed by atoms with Gasteiger partial charge in [0.1, 0.15) is 11.6 Å². The van der Waals surface area contributed by atoms with Gasteiger partial charge in [0.15, 0.2) is 0 Å². The van der Waals surface area contributed by atoms with E-state index in [0.29, 0.717) is 34.3 Å². The molecule has 0 bridgehead atoms. The van der Waals surface area contributed by atoms with Crippen LogP contribution in [-0.2, 0) is 27.2 Å². The Labute approximate surface area is 259 Å². The van der Waals surface area contributed by atoms with Gasteiger partial charge in [-0.1, -0.05) is 12.1 Å². The minimum absolute atomic E-state index is 0.0722. The van der Waals surface area contributed by atoms with Gasteiger partial charge in [-0.05, 0) is 38.4 Å². The van der Waals surface area contributed by atoms with Gasteiger partial charge < -0.3 is 30.1 Å². The first-order chi connectivity index (χ1) is 21.6. The number of rotatable bonds is 6.